The summed E-state index contributed by atoms with van der Waals surface area (Å²) >= 11 is 0. The molecule has 1 amide bonds. The normalized spacial score (nSPS) is 9.62. The number of hydrogen-bond donors (Lipinski definition) is 1. The first-order valence-corrected chi connectivity index (χ1v) is 3.87. The molecule has 1 rings (SSSR count). The minimum absolute atomic E-state index is 0.209. The largest absolute Gasteiger partial charge is 0.383 e. The molecule has 0 atom stereocenters. The van der Waals surface area contributed by atoms with Crippen LogP contribution in [0.25, 0.3) is 0 Å². The van der Waals surface area contributed by atoms with E-state index >= 15 is 0 Å². The van der Waals surface area contributed by atoms with Gasteiger partial charge in [-0.05, 0) is 6.07 Å². The highest BCUT2D eigenvalue weighted by molar-refractivity contribution is 5.91. The predicted octanol–water partition coefficient (Wildman–Crippen LogP) is -0.147. The maximum absolute atomic E-state index is 11.3. The highest BCUT2D eigenvalue weighted by Crippen LogP contribution is 1.89. The van der Waals surface area contributed by atoms with E-state index in [0.717, 1.165) is 0 Å². The minimum Gasteiger partial charge on any atom is -0.383 e. The number of methoxy groups -OCH3 is 1. The fraction of sp³-hybridized carbons (Fsp3) is 0.375. The number of rotatable bonds is 4. The monoisotopic (exact) mass is 181 g/mol. The molecule has 5 heteroatoms. The summed E-state index contributed by atoms with van der Waals surface area (Å²) in [4.78, 5) is 18.8. The lowest BCUT2D eigenvalue weighted by molar-refractivity contribution is 0.0932. The van der Waals surface area contributed by atoms with Gasteiger partial charge in [0.2, 0.25) is 0 Å². The quantitative estimate of drug-likeness (QED) is 0.656. The zero-order valence-electron chi connectivity index (χ0n) is 7.36. The van der Waals surface area contributed by atoms with Crippen molar-refractivity contribution in [2.75, 3.05) is 20.3 Å². The molecule has 0 fully saturated rings. The van der Waals surface area contributed by atoms with Crippen LogP contribution in [0.5, 0.6) is 0 Å². The summed E-state index contributed by atoms with van der Waals surface area (Å²) in [5, 5.41) is 2.65. The lowest BCUT2D eigenvalue weighted by atomic mass is 10.4. The van der Waals surface area contributed by atoms with Gasteiger partial charge in [0.1, 0.15) is 12.0 Å². The standard InChI is InChI=1S/C8H11N3O2/c1-13-5-4-10-8(12)7-2-3-9-6-11-7/h2-3,6H,4-5H2,1H3,(H,10,12). The minimum atomic E-state index is -0.209. The van der Waals surface area contributed by atoms with Crippen molar-refractivity contribution in [2.24, 2.45) is 0 Å². The maximum Gasteiger partial charge on any atom is 0.270 e. The Bertz CT molecular complexity index is 263. The average molecular weight is 181 g/mol. The first-order chi connectivity index (χ1) is 6.34. The molecule has 0 radical (unpaired) electrons. The molecule has 1 N–H and O–H groups in total. The summed E-state index contributed by atoms with van der Waals surface area (Å²) in [6, 6.07) is 1.56. The van der Waals surface area contributed by atoms with E-state index in [0.29, 0.717) is 18.8 Å². The van der Waals surface area contributed by atoms with Gasteiger partial charge in [0.15, 0.2) is 0 Å². The van der Waals surface area contributed by atoms with E-state index in [-0.39, 0.29) is 5.91 Å². The molecule has 0 aliphatic carbocycles. The van der Waals surface area contributed by atoms with Crippen LogP contribution in [0.2, 0.25) is 0 Å². The highest BCUT2D eigenvalue weighted by Gasteiger charge is 2.03. The van der Waals surface area contributed by atoms with Gasteiger partial charge < -0.3 is 10.1 Å². The molecular formula is C8H11N3O2. The molecule has 0 bridgehead atoms. The Hall–Kier alpha value is -1.49. The van der Waals surface area contributed by atoms with Crippen LogP contribution in [0.1, 0.15) is 10.5 Å². The van der Waals surface area contributed by atoms with Gasteiger partial charge in [-0.3, -0.25) is 4.79 Å². The van der Waals surface area contributed by atoms with Crippen LogP contribution in [-0.4, -0.2) is 36.1 Å². The second-order valence-electron chi connectivity index (χ2n) is 2.34. The van der Waals surface area contributed by atoms with Crippen LogP contribution in [0.3, 0.4) is 0 Å². The van der Waals surface area contributed by atoms with Crippen LogP contribution in [-0.2, 0) is 4.74 Å². The smallest absolute Gasteiger partial charge is 0.270 e. The fourth-order valence-electron chi connectivity index (χ4n) is 0.782. The molecule has 0 aromatic carbocycles. The lowest BCUT2D eigenvalue weighted by Crippen LogP contribution is -2.27. The molecule has 0 saturated heterocycles. The Balaban J connectivity index is 2.40. The van der Waals surface area contributed by atoms with Crippen LogP contribution in [0.15, 0.2) is 18.6 Å². The molecule has 0 aliphatic rings. The van der Waals surface area contributed by atoms with Gasteiger partial charge in [0, 0.05) is 19.9 Å². The van der Waals surface area contributed by atoms with E-state index in [9.17, 15) is 4.79 Å². The molecule has 1 aromatic rings. The molecule has 0 saturated carbocycles. The third-order valence-corrected chi connectivity index (χ3v) is 1.41. The molecule has 13 heavy (non-hydrogen) atoms. The van der Waals surface area contributed by atoms with Crippen LogP contribution in [0.4, 0.5) is 0 Å². The Labute approximate surface area is 76.2 Å². The van der Waals surface area contributed by atoms with Gasteiger partial charge in [-0.25, -0.2) is 9.97 Å². The molecule has 0 aliphatic heterocycles. The van der Waals surface area contributed by atoms with Gasteiger partial charge in [0.05, 0.1) is 6.61 Å². The van der Waals surface area contributed by atoms with Crippen molar-refractivity contribution in [1.29, 1.82) is 0 Å². The van der Waals surface area contributed by atoms with Gasteiger partial charge in [0.25, 0.3) is 5.91 Å². The van der Waals surface area contributed by atoms with Crippen LogP contribution >= 0.6 is 0 Å². The van der Waals surface area contributed by atoms with Crippen molar-refractivity contribution >= 4 is 5.91 Å². The molecule has 1 heterocycles. The fourth-order valence-corrected chi connectivity index (χ4v) is 0.782. The van der Waals surface area contributed by atoms with E-state index in [2.05, 4.69) is 15.3 Å². The number of hydrogen-bond acceptors (Lipinski definition) is 4. The van der Waals surface area contributed by atoms with E-state index in [4.69, 9.17) is 4.74 Å². The molecule has 0 spiro atoms. The Morgan fingerprint density at radius 2 is 2.54 bits per heavy atom. The predicted molar refractivity (Wildman–Crippen MR) is 46.2 cm³/mol. The Kier molecular flexibility index (Phi) is 3.84. The van der Waals surface area contributed by atoms with E-state index < -0.39 is 0 Å². The van der Waals surface area contributed by atoms with Crippen molar-refractivity contribution in [1.82, 2.24) is 15.3 Å². The Morgan fingerprint density at radius 3 is 3.15 bits per heavy atom. The summed E-state index contributed by atoms with van der Waals surface area (Å²) in [6.07, 6.45) is 2.86. The van der Waals surface area contributed by atoms with Gasteiger partial charge in [-0.15, -0.1) is 0 Å². The first-order valence-electron chi connectivity index (χ1n) is 3.87. The van der Waals surface area contributed by atoms with Crippen molar-refractivity contribution in [3.05, 3.63) is 24.3 Å². The summed E-state index contributed by atoms with van der Waals surface area (Å²) < 4.78 is 4.78. The zero-order valence-corrected chi connectivity index (χ0v) is 7.36. The molecule has 1 aromatic heterocycles. The third kappa shape index (κ3) is 3.16. The first kappa shape index (κ1) is 9.60. The number of nitrogens with one attached hydrogen (secondary N) is 1. The van der Waals surface area contributed by atoms with Gasteiger partial charge >= 0.3 is 0 Å². The molecule has 70 valence electrons. The van der Waals surface area contributed by atoms with E-state index in [1.54, 1.807) is 13.2 Å². The van der Waals surface area contributed by atoms with Crippen molar-refractivity contribution < 1.29 is 9.53 Å². The maximum atomic E-state index is 11.3. The average Bonchev–Trinajstić information content (AvgIpc) is 2.19. The number of carbonyl (C=O) groups is 1. The third-order valence-electron chi connectivity index (χ3n) is 1.41. The van der Waals surface area contributed by atoms with E-state index in [1.807, 2.05) is 0 Å². The summed E-state index contributed by atoms with van der Waals surface area (Å²) in [7, 11) is 1.58. The number of ether oxygens (including phenoxy) is 1. The zero-order chi connectivity index (χ0) is 9.52. The molecular weight excluding hydrogens is 170 g/mol. The lowest BCUT2D eigenvalue weighted by Gasteiger charge is -2.02. The van der Waals surface area contributed by atoms with E-state index in [1.165, 1.54) is 12.5 Å². The van der Waals surface area contributed by atoms with Gasteiger partial charge in [-0.1, -0.05) is 0 Å². The molecule has 0 unspecified atom stereocenters. The number of amides is 1. The van der Waals surface area contributed by atoms with Crippen LogP contribution < -0.4 is 5.32 Å². The highest BCUT2D eigenvalue weighted by atomic mass is 16.5. The number of nitrogens with zero attached hydrogens (tertiary/aromatic N) is 2. The number of carbonyl (C=O) groups excluding carboxylic acids is 1. The SMILES string of the molecule is COCCNC(=O)c1ccncn1. The second-order valence-corrected chi connectivity index (χ2v) is 2.34. The van der Waals surface area contributed by atoms with Crippen LogP contribution in [0, 0.1) is 0 Å². The summed E-state index contributed by atoms with van der Waals surface area (Å²) in [6.45, 7) is 0.982. The second kappa shape index (κ2) is 5.21. The van der Waals surface area contributed by atoms with Crippen molar-refractivity contribution in [3.63, 3.8) is 0 Å². The van der Waals surface area contributed by atoms with Crippen molar-refractivity contribution in [2.45, 2.75) is 0 Å². The Morgan fingerprint density at radius 1 is 1.69 bits per heavy atom. The van der Waals surface area contributed by atoms with Gasteiger partial charge in [-0.2, -0.15) is 0 Å². The molecule has 5 nitrogen and oxygen atoms in total. The van der Waals surface area contributed by atoms with Crippen molar-refractivity contribution in [3.8, 4) is 0 Å². The summed E-state index contributed by atoms with van der Waals surface area (Å²) in [5.74, 6) is -0.209. The summed E-state index contributed by atoms with van der Waals surface area (Å²) in [5.41, 5.74) is 0.367. The number of aromatic nitrogens is 2. The topological polar surface area (TPSA) is 64.1 Å².